The van der Waals surface area contributed by atoms with Crippen LogP contribution in [0.4, 0.5) is 14.5 Å². The summed E-state index contributed by atoms with van der Waals surface area (Å²) in [6.45, 7) is 1.07. The summed E-state index contributed by atoms with van der Waals surface area (Å²) in [6.07, 6.45) is 6.96. The Morgan fingerprint density at radius 1 is 1.00 bits per heavy atom. The number of piperidine rings is 1. The summed E-state index contributed by atoms with van der Waals surface area (Å²) in [6, 6.07) is 4.71. The number of anilines is 1. The van der Waals surface area contributed by atoms with Crippen LogP contribution in [0.25, 0.3) is 0 Å². The van der Waals surface area contributed by atoms with E-state index in [-0.39, 0.29) is 11.7 Å². The predicted octanol–water partition coefficient (Wildman–Crippen LogP) is 3.69. The largest absolute Gasteiger partial charge is 0.377 e. The molecule has 0 aromatic heterocycles. The third-order valence-corrected chi connectivity index (χ3v) is 4.73. The van der Waals surface area contributed by atoms with Gasteiger partial charge >= 0.3 is 0 Å². The number of rotatable bonds is 3. The molecule has 1 heterocycles. The molecule has 20 heavy (non-hydrogen) atoms. The normalized spacial score (nSPS) is 30.4. The highest BCUT2D eigenvalue weighted by Gasteiger charge is 2.34. The van der Waals surface area contributed by atoms with Crippen LogP contribution in [0.15, 0.2) is 18.2 Å². The van der Waals surface area contributed by atoms with Crippen LogP contribution in [0.2, 0.25) is 0 Å². The second-order valence-corrected chi connectivity index (χ2v) is 6.00. The quantitative estimate of drug-likeness (QED) is 0.882. The van der Waals surface area contributed by atoms with Gasteiger partial charge in [0.15, 0.2) is 0 Å². The zero-order chi connectivity index (χ0) is 13.9. The Morgan fingerprint density at radius 2 is 1.80 bits per heavy atom. The van der Waals surface area contributed by atoms with Crippen molar-refractivity contribution in [3.8, 4) is 0 Å². The van der Waals surface area contributed by atoms with E-state index in [0.29, 0.717) is 12.0 Å². The van der Waals surface area contributed by atoms with Crippen molar-refractivity contribution in [3.63, 3.8) is 0 Å². The molecule has 1 aromatic carbocycles. The van der Waals surface area contributed by atoms with E-state index < -0.39 is 11.6 Å². The third kappa shape index (κ3) is 2.80. The fourth-order valence-corrected chi connectivity index (χ4v) is 3.71. The van der Waals surface area contributed by atoms with Gasteiger partial charge in [0.2, 0.25) is 0 Å². The van der Waals surface area contributed by atoms with Crippen molar-refractivity contribution < 1.29 is 8.78 Å². The zero-order valence-corrected chi connectivity index (χ0v) is 11.7. The lowest BCUT2D eigenvalue weighted by atomic mass is 9.88. The number of benzene rings is 1. The van der Waals surface area contributed by atoms with Crippen molar-refractivity contribution in [1.29, 1.82) is 0 Å². The standard InChI is InChI=1S/C16H22F2N2/c17-12-6-4-7-13(18)16(12)20-15-9-3-5-11(15)14-8-1-2-10-19-14/h4,6-7,11,14-15,19-20H,1-3,5,8-10H2. The predicted molar refractivity (Wildman–Crippen MR) is 76.8 cm³/mol. The lowest BCUT2D eigenvalue weighted by molar-refractivity contribution is 0.286. The number of para-hydroxylation sites is 1. The van der Waals surface area contributed by atoms with Crippen LogP contribution >= 0.6 is 0 Å². The Hall–Kier alpha value is -1.16. The molecule has 1 aliphatic heterocycles. The van der Waals surface area contributed by atoms with E-state index in [4.69, 9.17) is 0 Å². The molecule has 3 atom stereocenters. The van der Waals surface area contributed by atoms with Crippen LogP contribution in [0.1, 0.15) is 38.5 Å². The molecule has 1 aliphatic carbocycles. The number of hydrogen-bond donors (Lipinski definition) is 2. The second-order valence-electron chi connectivity index (χ2n) is 6.00. The molecule has 1 aromatic rings. The van der Waals surface area contributed by atoms with E-state index in [2.05, 4.69) is 10.6 Å². The fourth-order valence-electron chi connectivity index (χ4n) is 3.71. The number of nitrogens with one attached hydrogen (secondary N) is 2. The summed E-state index contributed by atoms with van der Waals surface area (Å²) in [7, 11) is 0. The molecule has 0 amide bonds. The van der Waals surface area contributed by atoms with Gasteiger partial charge < -0.3 is 10.6 Å². The monoisotopic (exact) mass is 280 g/mol. The minimum Gasteiger partial charge on any atom is -0.377 e. The van der Waals surface area contributed by atoms with Gasteiger partial charge in [-0.05, 0) is 50.3 Å². The lowest BCUT2D eigenvalue weighted by Gasteiger charge is -2.33. The van der Waals surface area contributed by atoms with Gasteiger partial charge in [-0.2, -0.15) is 0 Å². The van der Waals surface area contributed by atoms with E-state index >= 15 is 0 Å². The molecule has 2 N–H and O–H groups in total. The molecule has 3 unspecified atom stereocenters. The van der Waals surface area contributed by atoms with Crippen molar-refractivity contribution in [2.24, 2.45) is 5.92 Å². The van der Waals surface area contributed by atoms with Gasteiger partial charge in [-0.1, -0.05) is 18.9 Å². The zero-order valence-electron chi connectivity index (χ0n) is 11.7. The molecule has 2 nitrogen and oxygen atoms in total. The minimum atomic E-state index is -0.493. The van der Waals surface area contributed by atoms with E-state index in [9.17, 15) is 8.78 Å². The maximum Gasteiger partial charge on any atom is 0.149 e. The van der Waals surface area contributed by atoms with E-state index in [1.54, 1.807) is 0 Å². The number of halogens is 2. The Bertz CT molecular complexity index is 438. The average molecular weight is 280 g/mol. The Kier molecular flexibility index (Phi) is 4.20. The van der Waals surface area contributed by atoms with Gasteiger partial charge in [-0.25, -0.2) is 8.78 Å². The van der Waals surface area contributed by atoms with Crippen LogP contribution in [-0.4, -0.2) is 18.6 Å². The molecule has 3 rings (SSSR count). The fraction of sp³-hybridized carbons (Fsp3) is 0.625. The summed E-state index contributed by atoms with van der Waals surface area (Å²) < 4.78 is 27.5. The summed E-state index contributed by atoms with van der Waals surface area (Å²) in [4.78, 5) is 0. The maximum atomic E-state index is 13.8. The molecule has 4 heteroatoms. The first kappa shape index (κ1) is 13.8. The molecular weight excluding hydrogens is 258 g/mol. The average Bonchev–Trinajstić information content (AvgIpc) is 2.92. The van der Waals surface area contributed by atoms with Crippen LogP contribution in [0.3, 0.4) is 0 Å². The highest BCUT2D eigenvalue weighted by atomic mass is 19.1. The smallest absolute Gasteiger partial charge is 0.149 e. The topological polar surface area (TPSA) is 24.1 Å². The SMILES string of the molecule is Fc1cccc(F)c1NC1CCCC1C1CCCCN1. The van der Waals surface area contributed by atoms with Crippen LogP contribution in [0, 0.1) is 17.6 Å². The van der Waals surface area contributed by atoms with Crippen LogP contribution in [-0.2, 0) is 0 Å². The third-order valence-electron chi connectivity index (χ3n) is 4.73. The summed E-state index contributed by atoms with van der Waals surface area (Å²) in [5.74, 6) is -0.506. The Balaban J connectivity index is 1.72. The summed E-state index contributed by atoms with van der Waals surface area (Å²) >= 11 is 0. The minimum absolute atomic E-state index is 0.0419. The van der Waals surface area contributed by atoms with E-state index in [0.717, 1.165) is 25.8 Å². The summed E-state index contributed by atoms with van der Waals surface area (Å²) in [5.41, 5.74) is 0.0419. The molecule has 0 radical (unpaired) electrons. The van der Waals surface area contributed by atoms with Crippen LogP contribution < -0.4 is 10.6 Å². The van der Waals surface area contributed by atoms with Crippen molar-refractivity contribution in [1.82, 2.24) is 5.32 Å². The molecular formula is C16H22F2N2. The molecule has 1 saturated carbocycles. The first-order valence-electron chi connectivity index (χ1n) is 7.69. The molecule has 0 spiro atoms. The first-order chi connectivity index (χ1) is 9.75. The molecule has 110 valence electrons. The molecule has 2 aliphatic rings. The van der Waals surface area contributed by atoms with Gasteiger partial charge in [-0.3, -0.25) is 0 Å². The number of hydrogen-bond acceptors (Lipinski definition) is 2. The molecule has 2 fully saturated rings. The van der Waals surface area contributed by atoms with Crippen molar-refractivity contribution in [2.75, 3.05) is 11.9 Å². The Morgan fingerprint density at radius 3 is 2.50 bits per heavy atom. The second kappa shape index (κ2) is 6.08. The first-order valence-corrected chi connectivity index (χ1v) is 7.69. The van der Waals surface area contributed by atoms with Crippen molar-refractivity contribution in [2.45, 2.75) is 50.6 Å². The van der Waals surface area contributed by atoms with Gasteiger partial charge in [-0.15, -0.1) is 0 Å². The van der Waals surface area contributed by atoms with E-state index in [1.807, 2.05) is 0 Å². The van der Waals surface area contributed by atoms with Gasteiger partial charge in [0.1, 0.15) is 17.3 Å². The van der Waals surface area contributed by atoms with Crippen molar-refractivity contribution in [3.05, 3.63) is 29.8 Å². The van der Waals surface area contributed by atoms with Crippen LogP contribution in [0.5, 0.6) is 0 Å². The maximum absolute atomic E-state index is 13.8. The highest BCUT2D eigenvalue weighted by molar-refractivity contribution is 5.47. The lowest BCUT2D eigenvalue weighted by Crippen LogP contribution is -2.44. The van der Waals surface area contributed by atoms with Gasteiger partial charge in [0.05, 0.1) is 0 Å². The van der Waals surface area contributed by atoms with E-state index in [1.165, 1.54) is 37.5 Å². The Labute approximate surface area is 118 Å². The molecule has 0 bridgehead atoms. The van der Waals surface area contributed by atoms with Gasteiger partial charge in [0.25, 0.3) is 0 Å². The highest BCUT2D eigenvalue weighted by Crippen LogP contribution is 2.34. The summed E-state index contributed by atoms with van der Waals surface area (Å²) in [5, 5.41) is 6.71. The van der Waals surface area contributed by atoms with Crippen molar-refractivity contribution >= 4 is 5.69 Å². The molecule has 1 saturated heterocycles. The van der Waals surface area contributed by atoms with Gasteiger partial charge in [0, 0.05) is 12.1 Å².